The number of carbonyl (C=O) groups is 1. The largest absolute Gasteiger partial charge is 0.448 e. The van der Waals surface area contributed by atoms with Crippen molar-refractivity contribution in [1.29, 1.82) is 0 Å². The van der Waals surface area contributed by atoms with Gasteiger partial charge < -0.3 is 14.7 Å². The Morgan fingerprint density at radius 1 is 1.10 bits per heavy atom. The molecule has 29 heavy (non-hydrogen) atoms. The summed E-state index contributed by atoms with van der Waals surface area (Å²) in [5, 5.41) is 11.9. The molecule has 0 saturated heterocycles. The van der Waals surface area contributed by atoms with Crippen molar-refractivity contribution in [2.24, 2.45) is 0 Å². The molecule has 0 fully saturated rings. The van der Waals surface area contributed by atoms with E-state index in [1.165, 1.54) is 22.3 Å². The molecule has 3 aromatic rings. The number of benzene rings is 2. The monoisotopic (exact) mass is 407 g/mol. The van der Waals surface area contributed by atoms with E-state index < -0.39 is 6.10 Å². The Morgan fingerprint density at radius 2 is 1.72 bits per heavy atom. The fraction of sp³-hybridized carbons (Fsp3) is 0.292. The molecule has 1 N–H and O–H groups in total. The molecule has 1 amide bonds. The average Bonchev–Trinajstić information content (AvgIpc) is 3.26. The van der Waals surface area contributed by atoms with Crippen molar-refractivity contribution in [3.63, 3.8) is 0 Å². The van der Waals surface area contributed by atoms with Crippen molar-refractivity contribution in [3.05, 3.63) is 81.5 Å². The quantitative estimate of drug-likeness (QED) is 0.612. The van der Waals surface area contributed by atoms with E-state index in [1.807, 2.05) is 42.6 Å². The molecule has 1 aliphatic carbocycles. The third-order valence-corrected chi connectivity index (χ3v) is 6.39. The number of fused-ring (bicyclic) bond motifs is 3. The molecule has 4 rings (SSSR count). The molecule has 1 aromatic heterocycles. The average molecular weight is 408 g/mol. The predicted molar refractivity (Wildman–Crippen MR) is 116 cm³/mol. The van der Waals surface area contributed by atoms with Gasteiger partial charge in [-0.15, -0.1) is 11.3 Å². The van der Waals surface area contributed by atoms with E-state index in [0.717, 1.165) is 10.4 Å². The fourth-order valence-corrected chi connectivity index (χ4v) is 4.87. The van der Waals surface area contributed by atoms with Gasteiger partial charge in [0.2, 0.25) is 0 Å². The molecule has 2 aromatic carbocycles. The van der Waals surface area contributed by atoms with Crippen molar-refractivity contribution in [3.8, 4) is 11.1 Å². The number of aliphatic hydroxyl groups is 1. The summed E-state index contributed by atoms with van der Waals surface area (Å²) in [6.45, 7) is 4.70. The molecular weight excluding hydrogens is 382 g/mol. The van der Waals surface area contributed by atoms with Crippen LogP contribution in [-0.2, 0) is 11.3 Å². The maximum absolute atomic E-state index is 12.9. The van der Waals surface area contributed by atoms with Crippen molar-refractivity contribution >= 4 is 17.4 Å². The van der Waals surface area contributed by atoms with Crippen LogP contribution in [0, 0.1) is 6.92 Å². The van der Waals surface area contributed by atoms with E-state index in [0.29, 0.717) is 6.54 Å². The third-order valence-electron chi connectivity index (χ3n) is 5.38. The van der Waals surface area contributed by atoms with Crippen molar-refractivity contribution in [2.45, 2.75) is 32.4 Å². The number of rotatable bonds is 6. The van der Waals surface area contributed by atoms with Gasteiger partial charge in [-0.3, -0.25) is 0 Å². The molecule has 5 heteroatoms. The van der Waals surface area contributed by atoms with Gasteiger partial charge in [0, 0.05) is 10.8 Å². The molecule has 0 spiro atoms. The highest BCUT2D eigenvalue weighted by Crippen LogP contribution is 2.44. The molecule has 0 bridgehead atoms. The first-order valence-corrected chi connectivity index (χ1v) is 10.7. The highest BCUT2D eigenvalue weighted by Gasteiger charge is 2.30. The first kappa shape index (κ1) is 19.7. The summed E-state index contributed by atoms with van der Waals surface area (Å²) >= 11 is 1.62. The number of hydrogen-bond acceptors (Lipinski definition) is 4. The van der Waals surface area contributed by atoms with Crippen molar-refractivity contribution in [1.82, 2.24) is 4.90 Å². The lowest BCUT2D eigenvalue weighted by atomic mass is 9.98. The summed E-state index contributed by atoms with van der Waals surface area (Å²) in [4.78, 5) is 15.6. The number of amides is 1. The lowest BCUT2D eigenvalue weighted by molar-refractivity contribution is 0.0735. The summed E-state index contributed by atoms with van der Waals surface area (Å²) < 4.78 is 5.77. The Morgan fingerprint density at radius 3 is 2.28 bits per heavy atom. The van der Waals surface area contributed by atoms with Gasteiger partial charge in [0.25, 0.3) is 0 Å². The molecule has 1 aliphatic rings. The second-order valence-corrected chi connectivity index (χ2v) is 8.56. The Bertz CT molecular complexity index is 965. The number of aryl methyl sites for hydroxylation is 1. The Kier molecular flexibility index (Phi) is 5.69. The second kappa shape index (κ2) is 8.39. The Labute approximate surface area is 175 Å². The van der Waals surface area contributed by atoms with E-state index >= 15 is 0 Å². The lowest BCUT2D eigenvalue weighted by Gasteiger charge is -2.24. The summed E-state index contributed by atoms with van der Waals surface area (Å²) in [5.41, 5.74) is 5.95. The van der Waals surface area contributed by atoms with E-state index in [9.17, 15) is 9.90 Å². The van der Waals surface area contributed by atoms with Gasteiger partial charge in [0.15, 0.2) is 0 Å². The second-order valence-electron chi connectivity index (χ2n) is 7.56. The minimum atomic E-state index is -0.615. The fourth-order valence-electron chi connectivity index (χ4n) is 3.95. The van der Waals surface area contributed by atoms with Crippen LogP contribution >= 0.6 is 11.3 Å². The third kappa shape index (κ3) is 4.07. The molecule has 0 aliphatic heterocycles. The molecule has 1 unspecified atom stereocenters. The van der Waals surface area contributed by atoms with Crippen molar-refractivity contribution < 1.29 is 14.6 Å². The zero-order valence-electron chi connectivity index (χ0n) is 16.7. The first-order chi connectivity index (χ1) is 14.0. The molecule has 1 heterocycles. The van der Waals surface area contributed by atoms with E-state index in [1.54, 1.807) is 23.2 Å². The van der Waals surface area contributed by atoms with E-state index in [4.69, 9.17) is 4.74 Å². The van der Waals surface area contributed by atoms with Gasteiger partial charge in [-0.05, 0) is 53.1 Å². The van der Waals surface area contributed by atoms with Gasteiger partial charge in [-0.2, -0.15) is 0 Å². The Balaban J connectivity index is 1.51. The highest BCUT2D eigenvalue weighted by molar-refractivity contribution is 7.10. The maximum Gasteiger partial charge on any atom is 0.410 e. The van der Waals surface area contributed by atoms with Crippen LogP contribution in [0.15, 0.2) is 60.0 Å². The van der Waals surface area contributed by atoms with Crippen LogP contribution in [0.4, 0.5) is 4.79 Å². The van der Waals surface area contributed by atoms with E-state index in [-0.39, 0.29) is 25.2 Å². The highest BCUT2D eigenvalue weighted by atomic mass is 32.1. The number of thiophene rings is 1. The minimum absolute atomic E-state index is 0.0308. The van der Waals surface area contributed by atoms with Gasteiger partial charge in [-0.1, -0.05) is 48.5 Å². The summed E-state index contributed by atoms with van der Waals surface area (Å²) in [6.07, 6.45) is -1.00. The number of hydrogen-bond donors (Lipinski definition) is 1. The molecule has 4 nitrogen and oxygen atoms in total. The molecule has 0 saturated carbocycles. The maximum atomic E-state index is 12.9. The van der Waals surface area contributed by atoms with Crippen LogP contribution in [-0.4, -0.2) is 35.4 Å². The normalized spacial score (nSPS) is 13.6. The molecular formula is C24H25NO3S. The van der Waals surface area contributed by atoms with Crippen LogP contribution in [0.2, 0.25) is 0 Å². The standard InChI is InChI=1S/C24H25NO3S/c1-16-11-12-29-23(16)14-25(13-17(2)26)24(27)28-15-22-20-9-5-3-7-18(20)19-8-4-6-10-21(19)22/h3-12,17,22,26H,13-15H2,1-2H3. The smallest absolute Gasteiger partial charge is 0.410 e. The molecule has 1 atom stereocenters. The molecule has 150 valence electrons. The zero-order valence-corrected chi connectivity index (χ0v) is 17.5. The molecule has 0 radical (unpaired) electrons. The summed E-state index contributed by atoms with van der Waals surface area (Å²) in [5.74, 6) is 0.0308. The number of aliphatic hydroxyl groups excluding tert-OH is 1. The summed E-state index contributed by atoms with van der Waals surface area (Å²) in [7, 11) is 0. The Hall–Kier alpha value is -2.63. The van der Waals surface area contributed by atoms with Crippen LogP contribution < -0.4 is 0 Å². The SMILES string of the molecule is Cc1ccsc1CN(CC(C)O)C(=O)OCC1c2ccccc2-c2ccccc21. The van der Waals surface area contributed by atoms with Gasteiger partial charge in [-0.25, -0.2) is 4.79 Å². The van der Waals surface area contributed by atoms with Crippen LogP contribution in [0.25, 0.3) is 11.1 Å². The van der Waals surface area contributed by atoms with Crippen LogP contribution in [0.3, 0.4) is 0 Å². The first-order valence-electron chi connectivity index (χ1n) is 9.85. The summed E-state index contributed by atoms with van der Waals surface area (Å²) in [6, 6.07) is 18.6. The van der Waals surface area contributed by atoms with Crippen LogP contribution in [0.1, 0.15) is 34.4 Å². The number of carbonyl (C=O) groups excluding carboxylic acids is 1. The lowest BCUT2D eigenvalue weighted by Crippen LogP contribution is -2.37. The van der Waals surface area contributed by atoms with Gasteiger partial charge in [0.1, 0.15) is 6.61 Å². The van der Waals surface area contributed by atoms with Crippen LogP contribution in [0.5, 0.6) is 0 Å². The number of ether oxygens (including phenoxy) is 1. The van der Waals surface area contributed by atoms with Gasteiger partial charge >= 0.3 is 6.09 Å². The van der Waals surface area contributed by atoms with Gasteiger partial charge in [0.05, 0.1) is 19.2 Å². The predicted octanol–water partition coefficient (Wildman–Crippen LogP) is 5.19. The van der Waals surface area contributed by atoms with Crippen molar-refractivity contribution in [2.75, 3.05) is 13.2 Å². The topological polar surface area (TPSA) is 49.8 Å². The van der Waals surface area contributed by atoms with E-state index in [2.05, 4.69) is 24.3 Å². The zero-order chi connectivity index (χ0) is 20.4. The number of nitrogens with zero attached hydrogens (tertiary/aromatic N) is 1. The minimum Gasteiger partial charge on any atom is -0.448 e.